The Bertz CT molecular complexity index is 1400. The van der Waals surface area contributed by atoms with Crippen LogP contribution in [0.25, 0.3) is 20.8 Å². The van der Waals surface area contributed by atoms with E-state index in [0.29, 0.717) is 29.1 Å². The summed E-state index contributed by atoms with van der Waals surface area (Å²) in [5, 5.41) is 33.6. The van der Waals surface area contributed by atoms with Crippen molar-refractivity contribution in [2.75, 3.05) is 31.5 Å². The van der Waals surface area contributed by atoms with E-state index in [4.69, 9.17) is 34.6 Å². The Morgan fingerprint density at radius 1 is 1.00 bits per heavy atom. The van der Waals surface area contributed by atoms with Crippen LogP contribution in [0.4, 0.5) is 17.5 Å². The van der Waals surface area contributed by atoms with Gasteiger partial charge in [0.15, 0.2) is 17.3 Å². The van der Waals surface area contributed by atoms with Crippen LogP contribution in [-0.4, -0.2) is 62.9 Å². The summed E-state index contributed by atoms with van der Waals surface area (Å²) in [6.45, 7) is 4.79. The van der Waals surface area contributed by atoms with Gasteiger partial charge in [-0.25, -0.2) is 9.97 Å². The first-order valence-electron chi connectivity index (χ1n) is 13.1. The van der Waals surface area contributed by atoms with Gasteiger partial charge in [-0.05, 0) is 70.2 Å². The number of benzene rings is 2. The zero-order chi connectivity index (χ0) is 28.9. The lowest BCUT2D eigenvalue weighted by atomic mass is 10.1. The Balaban J connectivity index is 0.000000681. The lowest BCUT2D eigenvalue weighted by Gasteiger charge is -2.19. The fourth-order valence-corrected chi connectivity index (χ4v) is 5.70. The summed E-state index contributed by atoms with van der Waals surface area (Å²) in [6, 6.07) is 14.0. The van der Waals surface area contributed by atoms with E-state index in [2.05, 4.69) is 16.7 Å². The lowest BCUT2D eigenvalue weighted by molar-refractivity contribution is -0.127. The van der Waals surface area contributed by atoms with Crippen LogP contribution >= 0.6 is 11.3 Å². The molecule has 0 aliphatic heterocycles. The number of fused-ring (bicyclic) bond motifs is 1. The number of anilines is 3. The molecule has 2 atom stereocenters. The first kappa shape index (κ1) is 29.5. The van der Waals surface area contributed by atoms with E-state index in [1.54, 1.807) is 25.6 Å². The van der Waals surface area contributed by atoms with E-state index >= 15 is 0 Å². The predicted molar refractivity (Wildman–Crippen MR) is 159 cm³/mol. The van der Waals surface area contributed by atoms with Crippen LogP contribution in [0.3, 0.4) is 0 Å². The molecule has 0 spiro atoms. The van der Waals surface area contributed by atoms with Crippen LogP contribution in [0.2, 0.25) is 0 Å². The first-order valence-corrected chi connectivity index (χ1v) is 14.0. The average molecular weight is 568 g/mol. The number of methoxy groups -OCH3 is 2. The highest BCUT2D eigenvalue weighted by Crippen LogP contribution is 2.40. The molecule has 1 aliphatic rings. The number of aromatic nitrogens is 3. The van der Waals surface area contributed by atoms with Gasteiger partial charge in [0, 0.05) is 12.6 Å². The van der Waals surface area contributed by atoms with Crippen molar-refractivity contribution in [1.82, 2.24) is 15.0 Å². The topological polar surface area (TPSA) is 142 Å². The monoisotopic (exact) mass is 567 g/mol. The van der Waals surface area contributed by atoms with Gasteiger partial charge >= 0.3 is 0 Å². The van der Waals surface area contributed by atoms with E-state index in [0.717, 1.165) is 51.6 Å². The number of aliphatic hydroxyl groups excluding tert-OH is 1. The van der Waals surface area contributed by atoms with Crippen molar-refractivity contribution >= 4 is 39.0 Å². The highest BCUT2D eigenvalue weighted by molar-refractivity contribution is 7.21. The maximum atomic E-state index is 9.61. The van der Waals surface area contributed by atoms with Gasteiger partial charge in [-0.2, -0.15) is 4.98 Å². The normalized spacial score (nSPS) is 16.8. The SMILES string of the molecule is CC(C)(O)O.COc1cccc(Nc2nc(C)c(-c3nc4ccccc4s3)c(NC3CCC(CO)C3)n2)c1OC. The molecule has 1 saturated carbocycles. The number of hydrogen-bond acceptors (Lipinski definition) is 11. The fraction of sp³-hybridized carbons (Fsp3) is 0.414. The zero-order valence-corrected chi connectivity index (χ0v) is 24.2. The van der Waals surface area contributed by atoms with Crippen molar-refractivity contribution < 1.29 is 24.8 Å². The summed E-state index contributed by atoms with van der Waals surface area (Å²) < 4.78 is 12.1. The average Bonchev–Trinajstić information content (AvgIpc) is 3.54. The molecule has 2 aromatic heterocycles. The lowest BCUT2D eigenvalue weighted by Crippen LogP contribution is -2.19. The highest BCUT2D eigenvalue weighted by Gasteiger charge is 2.27. The van der Waals surface area contributed by atoms with Crippen molar-refractivity contribution in [3.8, 4) is 22.1 Å². The number of hydrogen-bond donors (Lipinski definition) is 5. The van der Waals surface area contributed by atoms with Crippen LogP contribution < -0.4 is 20.1 Å². The molecule has 10 nitrogen and oxygen atoms in total. The van der Waals surface area contributed by atoms with E-state index in [1.165, 1.54) is 13.8 Å². The zero-order valence-electron chi connectivity index (χ0n) is 23.4. The summed E-state index contributed by atoms with van der Waals surface area (Å²) in [5.41, 5.74) is 3.40. The Morgan fingerprint density at radius 3 is 2.40 bits per heavy atom. The van der Waals surface area contributed by atoms with Crippen LogP contribution in [0.1, 0.15) is 38.8 Å². The Morgan fingerprint density at radius 2 is 1.75 bits per heavy atom. The summed E-state index contributed by atoms with van der Waals surface area (Å²) in [6.07, 6.45) is 2.89. The summed E-state index contributed by atoms with van der Waals surface area (Å²) in [4.78, 5) is 14.6. The van der Waals surface area contributed by atoms with Gasteiger partial charge in [0.05, 0.1) is 41.4 Å². The molecule has 5 rings (SSSR count). The van der Waals surface area contributed by atoms with Crippen molar-refractivity contribution in [3.05, 3.63) is 48.2 Å². The minimum atomic E-state index is -1.50. The number of aliphatic hydroxyl groups is 3. The standard InChI is InChI=1S/C26H29N5O3S.C3H8O2/c1-15-22(25-29-18-7-4-5-10-21(18)35-25)24(28-17-12-11-16(13-17)14-32)31-26(27-15)30-19-8-6-9-20(33-2)23(19)34-3;1-3(2,4)5/h4-10,16-17,32H,11-14H2,1-3H3,(H2,27,28,30,31);4-5H,1-2H3. The van der Waals surface area contributed by atoms with Crippen molar-refractivity contribution in [1.29, 1.82) is 0 Å². The number of nitrogens with one attached hydrogen (secondary N) is 2. The van der Waals surface area contributed by atoms with Crippen LogP contribution in [0.5, 0.6) is 11.5 Å². The van der Waals surface area contributed by atoms with Crippen molar-refractivity contribution in [2.24, 2.45) is 5.92 Å². The molecule has 11 heteroatoms. The number of para-hydroxylation sites is 2. The van der Waals surface area contributed by atoms with Gasteiger partial charge in [0.2, 0.25) is 5.95 Å². The molecule has 1 aliphatic carbocycles. The van der Waals surface area contributed by atoms with Crippen molar-refractivity contribution in [2.45, 2.75) is 51.9 Å². The smallest absolute Gasteiger partial charge is 0.229 e. The Labute approximate surface area is 238 Å². The van der Waals surface area contributed by atoms with E-state index < -0.39 is 5.79 Å². The first-order chi connectivity index (χ1) is 19.1. The molecule has 1 fully saturated rings. The van der Waals surface area contributed by atoms with E-state index in [-0.39, 0.29) is 12.6 Å². The van der Waals surface area contributed by atoms with Gasteiger partial charge in [0.1, 0.15) is 10.8 Å². The summed E-state index contributed by atoms with van der Waals surface area (Å²) in [5.74, 6) is 1.23. The van der Waals surface area contributed by atoms with Gasteiger partial charge in [-0.1, -0.05) is 18.2 Å². The largest absolute Gasteiger partial charge is 0.493 e. The number of thiazole rings is 1. The molecule has 2 heterocycles. The summed E-state index contributed by atoms with van der Waals surface area (Å²) in [7, 11) is 3.22. The number of aryl methyl sites for hydroxylation is 1. The van der Waals surface area contributed by atoms with Crippen LogP contribution in [0.15, 0.2) is 42.5 Å². The second-order valence-electron chi connectivity index (χ2n) is 10.2. The third-order valence-electron chi connectivity index (χ3n) is 6.39. The molecule has 0 radical (unpaired) electrons. The third kappa shape index (κ3) is 7.36. The van der Waals surface area contributed by atoms with Gasteiger partial charge in [-0.15, -0.1) is 11.3 Å². The Kier molecular flexibility index (Phi) is 9.41. The van der Waals surface area contributed by atoms with Crippen molar-refractivity contribution in [3.63, 3.8) is 0 Å². The molecule has 2 aromatic carbocycles. The number of nitrogens with zero attached hydrogens (tertiary/aromatic N) is 3. The van der Waals surface area contributed by atoms with Crippen LogP contribution in [-0.2, 0) is 0 Å². The molecule has 4 aromatic rings. The maximum Gasteiger partial charge on any atom is 0.229 e. The van der Waals surface area contributed by atoms with E-state index in [9.17, 15) is 5.11 Å². The van der Waals surface area contributed by atoms with E-state index in [1.807, 2.05) is 43.3 Å². The minimum Gasteiger partial charge on any atom is -0.493 e. The Hall–Kier alpha value is -3.51. The maximum absolute atomic E-state index is 9.61. The molecular formula is C29H37N5O5S. The molecule has 0 amide bonds. The number of rotatable bonds is 8. The molecule has 0 saturated heterocycles. The van der Waals surface area contributed by atoms with Crippen LogP contribution in [0, 0.1) is 12.8 Å². The van der Waals surface area contributed by atoms with Gasteiger partial charge in [-0.3, -0.25) is 0 Å². The molecule has 0 bridgehead atoms. The highest BCUT2D eigenvalue weighted by atomic mass is 32.1. The third-order valence-corrected chi connectivity index (χ3v) is 7.44. The fourth-order valence-electron chi connectivity index (χ4n) is 4.64. The van der Waals surface area contributed by atoms with Gasteiger partial charge < -0.3 is 35.4 Å². The predicted octanol–water partition coefficient (Wildman–Crippen LogP) is 5.10. The molecule has 214 valence electrons. The minimum absolute atomic E-state index is 0.216. The second kappa shape index (κ2) is 12.8. The molecule has 5 N–H and O–H groups in total. The quantitative estimate of drug-likeness (QED) is 0.183. The number of ether oxygens (including phenoxy) is 2. The second-order valence-corrected chi connectivity index (χ2v) is 11.2. The molecule has 40 heavy (non-hydrogen) atoms. The summed E-state index contributed by atoms with van der Waals surface area (Å²) >= 11 is 1.63. The molecular weight excluding hydrogens is 530 g/mol. The molecule has 2 unspecified atom stereocenters. The van der Waals surface area contributed by atoms with Gasteiger partial charge in [0.25, 0.3) is 0 Å².